The highest BCUT2D eigenvalue weighted by molar-refractivity contribution is 5.37. The normalized spacial score (nSPS) is 11.6. The molecule has 0 bridgehead atoms. The largest absolute Gasteiger partial charge is 0.496 e. The second-order valence-corrected chi connectivity index (χ2v) is 4.90. The third-order valence-corrected chi connectivity index (χ3v) is 2.91. The van der Waals surface area contributed by atoms with Crippen LogP contribution in [0.5, 0.6) is 5.75 Å². The SMILES string of the molecule is CCc1ccc(OC)c(CNC(C)(C)CO)c1. The Morgan fingerprint density at radius 1 is 1.35 bits per heavy atom. The highest BCUT2D eigenvalue weighted by Crippen LogP contribution is 2.20. The Balaban J connectivity index is 2.81. The molecule has 0 radical (unpaired) electrons. The molecule has 1 rings (SSSR count). The molecule has 17 heavy (non-hydrogen) atoms. The minimum absolute atomic E-state index is 0.114. The molecule has 0 atom stereocenters. The number of hydrogen-bond donors (Lipinski definition) is 2. The van der Waals surface area contributed by atoms with Crippen molar-refractivity contribution in [2.24, 2.45) is 0 Å². The van der Waals surface area contributed by atoms with E-state index in [1.165, 1.54) is 5.56 Å². The van der Waals surface area contributed by atoms with Gasteiger partial charge in [-0.3, -0.25) is 0 Å². The Hall–Kier alpha value is -1.06. The number of rotatable bonds is 6. The Bertz CT molecular complexity index is 361. The summed E-state index contributed by atoms with van der Waals surface area (Å²) in [6.07, 6.45) is 1.01. The lowest BCUT2D eigenvalue weighted by Crippen LogP contribution is -2.42. The van der Waals surface area contributed by atoms with E-state index >= 15 is 0 Å². The van der Waals surface area contributed by atoms with Crippen molar-refractivity contribution in [3.8, 4) is 5.75 Å². The molecule has 3 nitrogen and oxygen atoms in total. The molecule has 3 heteroatoms. The van der Waals surface area contributed by atoms with Gasteiger partial charge < -0.3 is 15.2 Å². The van der Waals surface area contributed by atoms with Crippen molar-refractivity contribution < 1.29 is 9.84 Å². The van der Waals surface area contributed by atoms with Crippen molar-refractivity contribution in [3.05, 3.63) is 29.3 Å². The molecule has 96 valence electrons. The maximum Gasteiger partial charge on any atom is 0.123 e. The Morgan fingerprint density at radius 3 is 2.59 bits per heavy atom. The molecule has 0 aliphatic carbocycles. The summed E-state index contributed by atoms with van der Waals surface area (Å²) in [4.78, 5) is 0. The summed E-state index contributed by atoms with van der Waals surface area (Å²) in [5, 5.41) is 12.5. The van der Waals surface area contributed by atoms with Gasteiger partial charge in [-0.05, 0) is 31.9 Å². The zero-order valence-corrected chi connectivity index (χ0v) is 11.2. The summed E-state index contributed by atoms with van der Waals surface area (Å²) < 4.78 is 5.34. The number of methoxy groups -OCH3 is 1. The lowest BCUT2D eigenvalue weighted by molar-refractivity contribution is 0.187. The summed E-state index contributed by atoms with van der Waals surface area (Å²) in [5.74, 6) is 0.892. The van der Waals surface area contributed by atoms with Crippen molar-refractivity contribution in [1.82, 2.24) is 5.32 Å². The zero-order valence-electron chi connectivity index (χ0n) is 11.2. The van der Waals surface area contributed by atoms with Gasteiger partial charge >= 0.3 is 0 Å². The number of aliphatic hydroxyl groups excluding tert-OH is 1. The van der Waals surface area contributed by atoms with E-state index in [2.05, 4.69) is 24.4 Å². The molecule has 1 aromatic rings. The number of aliphatic hydroxyl groups is 1. The molecule has 0 unspecified atom stereocenters. The number of nitrogens with one attached hydrogen (secondary N) is 1. The van der Waals surface area contributed by atoms with E-state index in [0.717, 1.165) is 17.7 Å². The van der Waals surface area contributed by atoms with Gasteiger partial charge in [0.1, 0.15) is 5.75 Å². The zero-order chi connectivity index (χ0) is 12.9. The second kappa shape index (κ2) is 6.03. The van der Waals surface area contributed by atoms with Crippen LogP contribution in [0.4, 0.5) is 0 Å². The van der Waals surface area contributed by atoms with Crippen molar-refractivity contribution in [3.63, 3.8) is 0 Å². The lowest BCUT2D eigenvalue weighted by Gasteiger charge is -2.24. The smallest absolute Gasteiger partial charge is 0.123 e. The van der Waals surface area contributed by atoms with Gasteiger partial charge in [0, 0.05) is 17.6 Å². The highest BCUT2D eigenvalue weighted by Gasteiger charge is 2.16. The highest BCUT2D eigenvalue weighted by atomic mass is 16.5. The van der Waals surface area contributed by atoms with Crippen molar-refractivity contribution in [1.29, 1.82) is 0 Å². The second-order valence-electron chi connectivity index (χ2n) is 4.90. The van der Waals surface area contributed by atoms with E-state index < -0.39 is 0 Å². The molecule has 0 saturated heterocycles. The summed E-state index contributed by atoms with van der Waals surface area (Å²) in [5.41, 5.74) is 2.16. The predicted molar refractivity (Wildman–Crippen MR) is 70.4 cm³/mol. The molecule has 1 aromatic carbocycles. The quantitative estimate of drug-likeness (QED) is 0.796. The average molecular weight is 237 g/mol. The summed E-state index contributed by atoms with van der Waals surface area (Å²) in [7, 11) is 1.68. The van der Waals surface area contributed by atoms with Gasteiger partial charge in [-0.1, -0.05) is 19.1 Å². The van der Waals surface area contributed by atoms with Gasteiger partial charge in [-0.2, -0.15) is 0 Å². The first-order valence-corrected chi connectivity index (χ1v) is 6.04. The predicted octanol–water partition coefficient (Wildman–Crippen LogP) is 2.12. The third kappa shape index (κ3) is 4.02. The van der Waals surface area contributed by atoms with E-state index in [1.54, 1.807) is 7.11 Å². The molecule has 0 spiro atoms. The maximum atomic E-state index is 9.21. The topological polar surface area (TPSA) is 41.5 Å². The van der Waals surface area contributed by atoms with Crippen LogP contribution < -0.4 is 10.1 Å². The molecule has 0 amide bonds. The van der Waals surface area contributed by atoms with E-state index in [1.807, 2.05) is 19.9 Å². The fourth-order valence-corrected chi connectivity index (χ4v) is 1.58. The average Bonchev–Trinajstić information content (AvgIpc) is 2.36. The number of hydrogen-bond acceptors (Lipinski definition) is 3. The van der Waals surface area contributed by atoms with Gasteiger partial charge in [0.25, 0.3) is 0 Å². The summed E-state index contributed by atoms with van der Waals surface area (Å²) in [6.45, 7) is 6.90. The molecule has 0 aromatic heterocycles. The van der Waals surface area contributed by atoms with Gasteiger partial charge in [0.05, 0.1) is 13.7 Å². The first-order valence-electron chi connectivity index (χ1n) is 6.04. The van der Waals surface area contributed by atoms with E-state index in [9.17, 15) is 5.11 Å². The molecule has 0 saturated carbocycles. The molecule has 0 fully saturated rings. The summed E-state index contributed by atoms with van der Waals surface area (Å²) in [6, 6.07) is 6.24. The monoisotopic (exact) mass is 237 g/mol. The number of benzene rings is 1. The van der Waals surface area contributed by atoms with Crippen LogP contribution in [0.15, 0.2) is 18.2 Å². The van der Waals surface area contributed by atoms with Crippen LogP contribution >= 0.6 is 0 Å². The summed E-state index contributed by atoms with van der Waals surface area (Å²) >= 11 is 0. The van der Waals surface area contributed by atoms with E-state index in [4.69, 9.17) is 4.74 Å². The van der Waals surface area contributed by atoms with Crippen LogP contribution in [0, 0.1) is 0 Å². The van der Waals surface area contributed by atoms with Crippen LogP contribution in [0.25, 0.3) is 0 Å². The minimum atomic E-state index is -0.271. The lowest BCUT2D eigenvalue weighted by atomic mass is 10.0. The van der Waals surface area contributed by atoms with Gasteiger partial charge in [-0.15, -0.1) is 0 Å². The van der Waals surface area contributed by atoms with Crippen LogP contribution in [-0.2, 0) is 13.0 Å². The van der Waals surface area contributed by atoms with E-state index in [-0.39, 0.29) is 12.1 Å². The van der Waals surface area contributed by atoms with Crippen molar-refractivity contribution in [2.75, 3.05) is 13.7 Å². The van der Waals surface area contributed by atoms with Crippen LogP contribution in [0.3, 0.4) is 0 Å². The standard InChI is InChI=1S/C14H23NO2/c1-5-11-6-7-13(17-4)12(8-11)9-15-14(2,3)10-16/h6-8,15-16H,5,9-10H2,1-4H3. The van der Waals surface area contributed by atoms with Crippen LogP contribution in [-0.4, -0.2) is 24.4 Å². The van der Waals surface area contributed by atoms with Gasteiger partial charge in [0.15, 0.2) is 0 Å². The molecule has 0 aliphatic heterocycles. The Labute approximate surface area is 104 Å². The number of ether oxygens (including phenoxy) is 1. The van der Waals surface area contributed by atoms with Gasteiger partial charge in [-0.25, -0.2) is 0 Å². The van der Waals surface area contributed by atoms with Crippen molar-refractivity contribution >= 4 is 0 Å². The van der Waals surface area contributed by atoms with E-state index in [0.29, 0.717) is 6.54 Å². The van der Waals surface area contributed by atoms with Crippen LogP contribution in [0.2, 0.25) is 0 Å². The molecule has 0 heterocycles. The fourth-order valence-electron chi connectivity index (χ4n) is 1.58. The molecule has 0 aliphatic rings. The number of aryl methyl sites for hydroxylation is 1. The fraction of sp³-hybridized carbons (Fsp3) is 0.571. The van der Waals surface area contributed by atoms with Gasteiger partial charge in [0.2, 0.25) is 0 Å². The molecular formula is C14H23NO2. The first kappa shape index (κ1) is 14.0. The minimum Gasteiger partial charge on any atom is -0.496 e. The molecule has 2 N–H and O–H groups in total. The Morgan fingerprint density at radius 2 is 2.06 bits per heavy atom. The first-order chi connectivity index (χ1) is 8.02. The third-order valence-electron chi connectivity index (χ3n) is 2.91. The maximum absolute atomic E-state index is 9.21. The molecular weight excluding hydrogens is 214 g/mol. The Kier molecular flexibility index (Phi) is 4.97. The van der Waals surface area contributed by atoms with Crippen molar-refractivity contribution in [2.45, 2.75) is 39.3 Å². The van der Waals surface area contributed by atoms with Crippen LogP contribution in [0.1, 0.15) is 31.9 Å².